The third kappa shape index (κ3) is 5.49. The van der Waals surface area contributed by atoms with E-state index in [0.29, 0.717) is 61.3 Å². The second-order valence-electron chi connectivity index (χ2n) is 10.7. The SMILES string of the molecule is N#C/C(=C\[C@@H]1CCCN1C(=O)O)C(=O)N1CCC[C@@H]1Cn1nc(-c2ccc(Oc3ccccc3)cc2F)c2c(N)ncnc21. The fourth-order valence-electron chi connectivity index (χ4n) is 5.92. The van der Waals surface area contributed by atoms with Crippen molar-refractivity contribution in [1.29, 1.82) is 5.26 Å². The molecule has 4 heterocycles. The number of fused-ring (bicyclic) bond motifs is 1. The number of para-hydroxylation sites is 1. The lowest BCUT2D eigenvalue weighted by Gasteiger charge is -2.25. The summed E-state index contributed by atoms with van der Waals surface area (Å²) in [6.07, 6.45) is 4.25. The number of likely N-dealkylation sites (tertiary alicyclic amines) is 2. The van der Waals surface area contributed by atoms with Crippen molar-refractivity contribution in [2.75, 3.05) is 18.8 Å². The minimum Gasteiger partial charge on any atom is -0.465 e. The van der Waals surface area contributed by atoms with Crippen LogP contribution >= 0.6 is 0 Å². The lowest BCUT2D eigenvalue weighted by Crippen LogP contribution is -2.40. The molecule has 2 saturated heterocycles. The first-order chi connectivity index (χ1) is 21.3. The van der Waals surface area contributed by atoms with Gasteiger partial charge in [-0.25, -0.2) is 23.8 Å². The summed E-state index contributed by atoms with van der Waals surface area (Å²) >= 11 is 0. The predicted octanol–water partition coefficient (Wildman–Crippen LogP) is 4.59. The molecule has 0 radical (unpaired) electrons. The molecule has 3 N–H and O–H groups in total. The molecular weight excluding hydrogens is 567 g/mol. The van der Waals surface area contributed by atoms with E-state index in [1.165, 1.54) is 23.4 Å². The van der Waals surface area contributed by atoms with Crippen molar-refractivity contribution in [3.8, 4) is 28.8 Å². The molecule has 4 aromatic rings. The summed E-state index contributed by atoms with van der Waals surface area (Å²) < 4.78 is 22.9. The number of benzene rings is 2. The molecule has 0 bridgehead atoms. The Labute approximate surface area is 251 Å². The molecular formula is C31H29FN8O4. The van der Waals surface area contributed by atoms with Gasteiger partial charge in [-0.05, 0) is 56.0 Å². The highest BCUT2D eigenvalue weighted by Gasteiger charge is 2.34. The van der Waals surface area contributed by atoms with Crippen molar-refractivity contribution >= 4 is 28.9 Å². The molecule has 2 aromatic carbocycles. The molecule has 12 nitrogen and oxygen atoms in total. The van der Waals surface area contributed by atoms with Gasteiger partial charge in [0, 0.05) is 24.7 Å². The minimum absolute atomic E-state index is 0.0903. The Morgan fingerprint density at radius 1 is 1.09 bits per heavy atom. The number of nitrogens with two attached hydrogens (primary N) is 1. The maximum Gasteiger partial charge on any atom is 0.407 e. The van der Waals surface area contributed by atoms with Gasteiger partial charge >= 0.3 is 6.09 Å². The van der Waals surface area contributed by atoms with Crippen LogP contribution in [0.1, 0.15) is 25.7 Å². The quantitative estimate of drug-likeness (QED) is 0.229. The molecule has 2 aliphatic heterocycles. The van der Waals surface area contributed by atoms with Crippen LogP contribution < -0.4 is 10.5 Å². The predicted molar refractivity (Wildman–Crippen MR) is 158 cm³/mol. The summed E-state index contributed by atoms with van der Waals surface area (Å²) in [5.41, 5.74) is 6.97. The number of anilines is 1. The zero-order chi connectivity index (χ0) is 30.8. The normalized spacial score (nSPS) is 18.5. The van der Waals surface area contributed by atoms with Gasteiger partial charge in [-0.1, -0.05) is 18.2 Å². The Bertz CT molecular complexity index is 1800. The minimum atomic E-state index is -1.08. The Hall–Kier alpha value is -5.51. The highest BCUT2D eigenvalue weighted by molar-refractivity contribution is 5.99. The Balaban J connectivity index is 1.28. The van der Waals surface area contributed by atoms with Crippen LogP contribution in [0, 0.1) is 17.1 Å². The van der Waals surface area contributed by atoms with E-state index >= 15 is 4.39 Å². The average Bonchev–Trinajstić information content (AvgIpc) is 3.76. The van der Waals surface area contributed by atoms with Gasteiger partial charge in [-0.2, -0.15) is 10.4 Å². The van der Waals surface area contributed by atoms with Crippen LogP contribution in [0.25, 0.3) is 22.3 Å². The Kier molecular flexibility index (Phi) is 7.80. The number of aromatic nitrogens is 4. The maximum absolute atomic E-state index is 15.5. The van der Waals surface area contributed by atoms with E-state index in [1.54, 1.807) is 33.8 Å². The summed E-state index contributed by atoms with van der Waals surface area (Å²) in [6, 6.07) is 14.6. The molecule has 13 heteroatoms. The van der Waals surface area contributed by atoms with Gasteiger partial charge in [-0.3, -0.25) is 4.79 Å². The lowest BCUT2D eigenvalue weighted by molar-refractivity contribution is -0.127. The molecule has 44 heavy (non-hydrogen) atoms. The van der Waals surface area contributed by atoms with E-state index in [2.05, 4.69) is 9.97 Å². The van der Waals surface area contributed by atoms with Gasteiger partial charge in [0.1, 0.15) is 46.8 Å². The summed E-state index contributed by atoms with van der Waals surface area (Å²) in [5.74, 6) is -0.0144. The molecule has 224 valence electrons. The Morgan fingerprint density at radius 3 is 2.61 bits per heavy atom. The van der Waals surface area contributed by atoms with Gasteiger partial charge < -0.3 is 25.4 Å². The number of nitriles is 1. The number of amides is 2. The molecule has 2 fully saturated rings. The number of halogens is 1. The van der Waals surface area contributed by atoms with Crippen LogP contribution in [0.2, 0.25) is 0 Å². The summed E-state index contributed by atoms with van der Waals surface area (Å²) in [7, 11) is 0. The number of nitrogens with zero attached hydrogens (tertiary/aromatic N) is 7. The van der Waals surface area contributed by atoms with Crippen LogP contribution in [0.4, 0.5) is 15.0 Å². The molecule has 2 atom stereocenters. The van der Waals surface area contributed by atoms with E-state index in [9.17, 15) is 20.0 Å². The second-order valence-corrected chi connectivity index (χ2v) is 10.7. The topological polar surface area (TPSA) is 163 Å². The van der Waals surface area contributed by atoms with Gasteiger partial charge in [0.25, 0.3) is 5.91 Å². The van der Waals surface area contributed by atoms with E-state index in [1.807, 2.05) is 24.3 Å². The molecule has 2 aliphatic rings. The zero-order valence-corrected chi connectivity index (χ0v) is 23.6. The average molecular weight is 597 g/mol. The number of hydrogen-bond acceptors (Lipinski definition) is 8. The fraction of sp³-hybridized carbons (Fsp3) is 0.290. The fourth-order valence-corrected chi connectivity index (χ4v) is 5.92. The molecule has 2 aromatic heterocycles. The number of carboxylic acid groups (broad SMARTS) is 1. The standard InChI is InChI=1S/C31H29FN8O4/c32-25-15-23(44-22-8-2-1-3-9-22)10-11-24(25)27-26-28(34)35-18-36-29(26)40(37-27)17-21-7-5-12-38(21)30(41)19(16-33)14-20-6-4-13-39(20)31(42)43/h1-3,8-11,14-15,18,20-21H,4-7,12-13,17H2,(H,42,43)(H2,34,35,36)/b19-14+/t20-,21+/m0/s1. The third-order valence-corrected chi connectivity index (χ3v) is 8.01. The highest BCUT2D eigenvalue weighted by Crippen LogP contribution is 2.35. The number of carbonyl (C=O) groups is 2. The van der Waals surface area contributed by atoms with E-state index in [-0.39, 0.29) is 35.2 Å². The summed E-state index contributed by atoms with van der Waals surface area (Å²) in [6.45, 7) is 1.01. The van der Waals surface area contributed by atoms with Crippen molar-refractivity contribution in [2.24, 2.45) is 0 Å². The first kappa shape index (κ1) is 28.6. The van der Waals surface area contributed by atoms with Crippen molar-refractivity contribution in [3.63, 3.8) is 0 Å². The first-order valence-electron chi connectivity index (χ1n) is 14.3. The summed E-state index contributed by atoms with van der Waals surface area (Å²) in [5, 5.41) is 24.4. The summed E-state index contributed by atoms with van der Waals surface area (Å²) in [4.78, 5) is 36.4. The number of rotatable bonds is 7. The number of nitrogen functional groups attached to an aromatic ring is 1. The third-order valence-electron chi connectivity index (χ3n) is 8.01. The molecule has 6 rings (SSSR count). The maximum atomic E-state index is 15.5. The van der Waals surface area contributed by atoms with Crippen LogP contribution in [-0.2, 0) is 11.3 Å². The van der Waals surface area contributed by atoms with E-state index in [0.717, 1.165) is 0 Å². The molecule has 0 unspecified atom stereocenters. The number of hydrogen-bond donors (Lipinski definition) is 2. The molecule has 0 saturated carbocycles. The highest BCUT2D eigenvalue weighted by atomic mass is 19.1. The van der Waals surface area contributed by atoms with E-state index < -0.39 is 23.9 Å². The molecule has 0 aliphatic carbocycles. The van der Waals surface area contributed by atoms with Crippen molar-refractivity contribution in [1.82, 2.24) is 29.5 Å². The molecule has 0 spiro atoms. The number of carbonyl (C=O) groups excluding carboxylic acids is 1. The Morgan fingerprint density at radius 2 is 1.86 bits per heavy atom. The zero-order valence-electron chi connectivity index (χ0n) is 23.6. The molecule has 2 amide bonds. The van der Waals surface area contributed by atoms with Gasteiger partial charge in [0.2, 0.25) is 0 Å². The van der Waals surface area contributed by atoms with Crippen LogP contribution in [0.15, 0.2) is 66.5 Å². The van der Waals surface area contributed by atoms with Gasteiger partial charge in [0.15, 0.2) is 5.65 Å². The van der Waals surface area contributed by atoms with Gasteiger partial charge in [-0.15, -0.1) is 0 Å². The largest absolute Gasteiger partial charge is 0.465 e. The first-order valence-corrected chi connectivity index (χ1v) is 14.3. The van der Waals surface area contributed by atoms with Gasteiger partial charge in [0.05, 0.1) is 24.0 Å². The van der Waals surface area contributed by atoms with Crippen LogP contribution in [-0.4, -0.2) is 71.8 Å². The van der Waals surface area contributed by atoms with E-state index in [4.69, 9.17) is 15.6 Å². The lowest BCUT2D eigenvalue weighted by atomic mass is 10.1. The van der Waals surface area contributed by atoms with Crippen LogP contribution in [0.5, 0.6) is 11.5 Å². The monoisotopic (exact) mass is 596 g/mol. The second kappa shape index (κ2) is 12.0. The van der Waals surface area contributed by atoms with Crippen molar-refractivity contribution < 1.29 is 23.8 Å². The number of ether oxygens (including phenoxy) is 1. The van der Waals surface area contributed by atoms with Crippen LogP contribution in [0.3, 0.4) is 0 Å². The smallest absolute Gasteiger partial charge is 0.407 e. The van der Waals surface area contributed by atoms with Crippen molar-refractivity contribution in [3.05, 3.63) is 72.3 Å². The van der Waals surface area contributed by atoms with Crippen molar-refractivity contribution in [2.45, 2.75) is 44.3 Å².